The Morgan fingerprint density at radius 3 is 1.61 bits per heavy atom. The van der Waals surface area contributed by atoms with Crippen molar-refractivity contribution in [2.75, 3.05) is 4.90 Å². The second kappa shape index (κ2) is 13.6. The Kier molecular flexibility index (Phi) is 7.82. The molecule has 9 aromatic carbocycles. The smallest absolute Gasteiger partial charge is 0.137 e. The average molecular weight is 730 g/mol. The molecule has 2 aromatic heterocycles. The summed E-state index contributed by atoms with van der Waals surface area (Å²) in [6, 6.07) is 75.2. The third-order valence-corrected chi connectivity index (χ3v) is 11.1. The maximum absolute atomic E-state index is 6.48. The van der Waals surface area contributed by atoms with Gasteiger partial charge in [0.05, 0.1) is 0 Å². The number of hydrogen-bond donors (Lipinski definition) is 0. The van der Waals surface area contributed by atoms with Crippen molar-refractivity contribution in [1.82, 2.24) is 0 Å². The first-order valence-electron chi connectivity index (χ1n) is 19.3. The Hall–Kier alpha value is -7.62. The molecule has 0 saturated carbocycles. The molecule has 3 nitrogen and oxygen atoms in total. The zero-order valence-corrected chi connectivity index (χ0v) is 31.0. The van der Waals surface area contributed by atoms with Gasteiger partial charge in [0, 0.05) is 50.2 Å². The Labute approximate surface area is 330 Å². The van der Waals surface area contributed by atoms with Crippen LogP contribution in [0, 0.1) is 0 Å². The SMILES string of the molecule is c1ccc(-c2ccc(N(c3cccc(-c4ccc5oc6ccccc6c5c4-c4cccc(-c5ccccc5)c4)c3)c3ccc4c(c3)oc3ccccc34)cc2)cc1. The highest BCUT2D eigenvalue weighted by Crippen LogP contribution is 2.46. The van der Waals surface area contributed by atoms with Crippen LogP contribution in [0.25, 0.3) is 88.4 Å². The maximum Gasteiger partial charge on any atom is 0.137 e. The van der Waals surface area contributed by atoms with E-state index < -0.39 is 0 Å². The summed E-state index contributed by atoms with van der Waals surface area (Å²) in [6.07, 6.45) is 0. The summed E-state index contributed by atoms with van der Waals surface area (Å²) in [5, 5.41) is 4.43. The minimum atomic E-state index is 0.855. The van der Waals surface area contributed by atoms with Gasteiger partial charge in [-0.05, 0) is 99.6 Å². The van der Waals surface area contributed by atoms with Crippen LogP contribution in [0.2, 0.25) is 0 Å². The van der Waals surface area contributed by atoms with Crippen molar-refractivity contribution in [3.8, 4) is 44.5 Å². The molecule has 0 amide bonds. The maximum atomic E-state index is 6.48. The van der Waals surface area contributed by atoms with Crippen LogP contribution >= 0.6 is 0 Å². The fourth-order valence-electron chi connectivity index (χ4n) is 8.39. The molecule has 0 aliphatic carbocycles. The Morgan fingerprint density at radius 1 is 0.281 bits per heavy atom. The Morgan fingerprint density at radius 2 is 0.825 bits per heavy atom. The molecule has 0 aliphatic rings. The van der Waals surface area contributed by atoms with E-state index in [9.17, 15) is 0 Å². The molecule has 0 spiro atoms. The minimum Gasteiger partial charge on any atom is -0.456 e. The van der Waals surface area contributed by atoms with Crippen molar-refractivity contribution in [2.45, 2.75) is 0 Å². The third-order valence-electron chi connectivity index (χ3n) is 11.1. The van der Waals surface area contributed by atoms with Crippen LogP contribution in [0.15, 0.2) is 221 Å². The molecule has 0 fully saturated rings. The van der Waals surface area contributed by atoms with Gasteiger partial charge in [-0.25, -0.2) is 0 Å². The number of hydrogen-bond acceptors (Lipinski definition) is 3. The highest BCUT2D eigenvalue weighted by atomic mass is 16.3. The van der Waals surface area contributed by atoms with E-state index in [2.05, 4.69) is 199 Å². The standard InChI is InChI=1S/C54H35NO2/c1-3-13-36(14-4-1)38-25-27-42(28-26-38)55(44-29-30-47-46-21-7-9-23-49(46)57-52(47)35-44)43-20-12-18-40(34-43)45-31-32-51-54(48-22-8-10-24-50(48)56-51)53(45)41-19-11-17-39(33-41)37-15-5-2-6-16-37/h1-35H. The third kappa shape index (κ3) is 5.76. The van der Waals surface area contributed by atoms with Crippen molar-refractivity contribution in [3.63, 3.8) is 0 Å². The highest BCUT2D eigenvalue weighted by molar-refractivity contribution is 6.16. The molecule has 0 saturated heterocycles. The summed E-state index contributed by atoms with van der Waals surface area (Å²) in [7, 11) is 0. The van der Waals surface area contributed by atoms with Gasteiger partial charge in [-0.2, -0.15) is 0 Å². The lowest BCUT2D eigenvalue weighted by Crippen LogP contribution is -2.10. The van der Waals surface area contributed by atoms with E-state index in [1.54, 1.807) is 0 Å². The van der Waals surface area contributed by atoms with Gasteiger partial charge in [0.15, 0.2) is 0 Å². The second-order valence-corrected chi connectivity index (χ2v) is 14.5. The molecule has 0 aliphatic heterocycles. The Balaban J connectivity index is 1.11. The van der Waals surface area contributed by atoms with E-state index in [1.807, 2.05) is 18.2 Å². The molecular formula is C54H35NO2. The number of benzene rings is 9. The summed E-state index contributed by atoms with van der Waals surface area (Å²) in [5.74, 6) is 0. The lowest BCUT2D eigenvalue weighted by molar-refractivity contribution is 0.668. The van der Waals surface area contributed by atoms with Gasteiger partial charge < -0.3 is 13.7 Å². The van der Waals surface area contributed by atoms with E-state index in [0.717, 1.165) is 83.2 Å². The summed E-state index contributed by atoms with van der Waals surface area (Å²) >= 11 is 0. The monoisotopic (exact) mass is 729 g/mol. The molecule has 0 radical (unpaired) electrons. The first-order chi connectivity index (χ1) is 28.2. The average Bonchev–Trinajstić information content (AvgIpc) is 3.85. The first kappa shape index (κ1) is 32.8. The van der Waals surface area contributed by atoms with Crippen LogP contribution in [-0.2, 0) is 0 Å². The molecular weight excluding hydrogens is 695 g/mol. The molecule has 11 aromatic rings. The van der Waals surface area contributed by atoms with E-state index >= 15 is 0 Å². The minimum absolute atomic E-state index is 0.855. The predicted molar refractivity (Wildman–Crippen MR) is 237 cm³/mol. The Bertz CT molecular complexity index is 3230. The van der Waals surface area contributed by atoms with E-state index in [1.165, 1.54) is 22.3 Å². The molecule has 3 heteroatoms. The van der Waals surface area contributed by atoms with Gasteiger partial charge in [-0.15, -0.1) is 0 Å². The number of para-hydroxylation sites is 2. The summed E-state index contributed by atoms with van der Waals surface area (Å²) < 4.78 is 12.9. The largest absolute Gasteiger partial charge is 0.456 e. The molecule has 0 bridgehead atoms. The number of rotatable bonds is 7. The van der Waals surface area contributed by atoms with Gasteiger partial charge >= 0.3 is 0 Å². The molecule has 57 heavy (non-hydrogen) atoms. The van der Waals surface area contributed by atoms with Crippen molar-refractivity contribution in [3.05, 3.63) is 212 Å². The number of anilines is 3. The lowest BCUT2D eigenvalue weighted by atomic mass is 9.89. The van der Waals surface area contributed by atoms with E-state index in [-0.39, 0.29) is 0 Å². The van der Waals surface area contributed by atoms with Crippen molar-refractivity contribution < 1.29 is 8.83 Å². The zero-order valence-electron chi connectivity index (χ0n) is 31.0. The first-order valence-corrected chi connectivity index (χ1v) is 19.3. The van der Waals surface area contributed by atoms with Crippen molar-refractivity contribution in [1.29, 1.82) is 0 Å². The molecule has 11 rings (SSSR count). The molecule has 0 atom stereocenters. The van der Waals surface area contributed by atoms with Crippen LogP contribution in [0.4, 0.5) is 17.1 Å². The van der Waals surface area contributed by atoms with Crippen LogP contribution in [0.3, 0.4) is 0 Å². The van der Waals surface area contributed by atoms with E-state index in [4.69, 9.17) is 8.83 Å². The van der Waals surface area contributed by atoms with Gasteiger partial charge in [0.2, 0.25) is 0 Å². The fourth-order valence-corrected chi connectivity index (χ4v) is 8.39. The van der Waals surface area contributed by atoms with Crippen LogP contribution in [0.1, 0.15) is 0 Å². The van der Waals surface area contributed by atoms with Gasteiger partial charge in [-0.1, -0.05) is 146 Å². The van der Waals surface area contributed by atoms with Crippen molar-refractivity contribution in [2.24, 2.45) is 0 Å². The van der Waals surface area contributed by atoms with Crippen LogP contribution in [0.5, 0.6) is 0 Å². The second-order valence-electron chi connectivity index (χ2n) is 14.5. The fraction of sp³-hybridized carbons (Fsp3) is 0. The topological polar surface area (TPSA) is 29.5 Å². The van der Waals surface area contributed by atoms with Crippen molar-refractivity contribution >= 4 is 60.9 Å². The van der Waals surface area contributed by atoms with Crippen LogP contribution in [-0.4, -0.2) is 0 Å². The number of furan rings is 2. The summed E-state index contributed by atoms with van der Waals surface area (Å²) in [5.41, 5.74) is 15.8. The molecule has 2 heterocycles. The van der Waals surface area contributed by atoms with Gasteiger partial charge in [0.25, 0.3) is 0 Å². The number of fused-ring (bicyclic) bond motifs is 6. The molecule has 0 unspecified atom stereocenters. The van der Waals surface area contributed by atoms with Crippen LogP contribution < -0.4 is 4.90 Å². The quantitative estimate of drug-likeness (QED) is 0.164. The molecule has 0 N–H and O–H groups in total. The summed E-state index contributed by atoms with van der Waals surface area (Å²) in [6.45, 7) is 0. The normalized spacial score (nSPS) is 11.5. The number of nitrogens with zero attached hydrogens (tertiary/aromatic N) is 1. The predicted octanol–water partition coefficient (Wildman–Crippen LogP) is 15.6. The van der Waals surface area contributed by atoms with Gasteiger partial charge in [0.1, 0.15) is 22.3 Å². The summed E-state index contributed by atoms with van der Waals surface area (Å²) in [4.78, 5) is 2.33. The van der Waals surface area contributed by atoms with Gasteiger partial charge in [-0.3, -0.25) is 0 Å². The lowest BCUT2D eigenvalue weighted by Gasteiger charge is -2.26. The molecule has 268 valence electrons. The highest BCUT2D eigenvalue weighted by Gasteiger charge is 2.21. The van der Waals surface area contributed by atoms with E-state index in [0.29, 0.717) is 0 Å². The zero-order chi connectivity index (χ0) is 37.7.